The van der Waals surface area contributed by atoms with Gasteiger partial charge in [-0.1, -0.05) is 20.8 Å². The number of hydrogen-bond donors (Lipinski definition) is 0. The summed E-state index contributed by atoms with van der Waals surface area (Å²) >= 11 is 0. The number of Topliss-reactive ketones (excluding diaryl/α,β-unsaturated/α-hetero) is 1. The lowest BCUT2D eigenvalue weighted by Crippen LogP contribution is -2.59. The number of ketones is 1. The van der Waals surface area contributed by atoms with E-state index in [1.807, 2.05) is 6.92 Å². The molecule has 0 amide bonds. The summed E-state index contributed by atoms with van der Waals surface area (Å²) in [5, 5.41) is 0. The smallest absolute Gasteiger partial charge is 0.302 e. The zero-order valence-corrected chi connectivity index (χ0v) is 18.1. The fourth-order valence-electron chi connectivity index (χ4n) is 9.15. The Bertz CT molecular complexity index is 717. The molecule has 0 radical (unpaired) electrons. The van der Waals surface area contributed by atoms with Gasteiger partial charge < -0.3 is 9.47 Å². The van der Waals surface area contributed by atoms with Gasteiger partial charge in [0.15, 0.2) is 0 Å². The first-order chi connectivity index (χ1) is 13.1. The van der Waals surface area contributed by atoms with Crippen LogP contribution in [-0.4, -0.2) is 29.6 Å². The van der Waals surface area contributed by atoms with Crippen molar-refractivity contribution in [3.63, 3.8) is 0 Å². The number of epoxide rings is 1. The van der Waals surface area contributed by atoms with Crippen LogP contribution >= 0.6 is 0 Å². The second-order valence-electron chi connectivity index (χ2n) is 11.3. The summed E-state index contributed by atoms with van der Waals surface area (Å²) in [4.78, 5) is 23.9. The molecule has 5 rings (SSSR count). The summed E-state index contributed by atoms with van der Waals surface area (Å²) in [7, 11) is 0. The molecule has 0 aromatic heterocycles. The normalized spacial score (nSPS) is 56.7. The number of esters is 1. The third-order valence-corrected chi connectivity index (χ3v) is 10.2. The van der Waals surface area contributed by atoms with Crippen molar-refractivity contribution < 1.29 is 19.1 Å². The van der Waals surface area contributed by atoms with E-state index in [2.05, 4.69) is 20.8 Å². The largest absolute Gasteiger partial charge is 0.462 e. The van der Waals surface area contributed by atoms with E-state index in [-0.39, 0.29) is 34.4 Å². The number of hydrogen-bond acceptors (Lipinski definition) is 4. The maximum absolute atomic E-state index is 12.4. The predicted molar refractivity (Wildman–Crippen MR) is 105 cm³/mol. The van der Waals surface area contributed by atoms with Crippen molar-refractivity contribution in [3.8, 4) is 0 Å². The third kappa shape index (κ3) is 2.27. The standard InChI is InChI=1S/C24H36O4/c1-13-10-19(14(2)25)22(4)8-7-18-17(21(13)22)11-20-24(28-20)12-16(27-15(3)26)6-9-23(18,24)5/h13,16-21H,6-12H2,1-5H3/t13-,16+,17+,18+,19+,20-,21-,22+,23+,24-/m0/s1. The maximum Gasteiger partial charge on any atom is 0.302 e. The topological polar surface area (TPSA) is 55.9 Å². The molecule has 4 aliphatic carbocycles. The first kappa shape index (κ1) is 19.1. The van der Waals surface area contributed by atoms with Gasteiger partial charge in [0.05, 0.1) is 6.10 Å². The molecule has 1 spiro atoms. The Morgan fingerprint density at radius 1 is 1.07 bits per heavy atom. The lowest BCUT2D eigenvalue weighted by molar-refractivity contribution is -0.159. The molecule has 156 valence electrons. The van der Waals surface area contributed by atoms with Crippen LogP contribution in [0.4, 0.5) is 0 Å². The van der Waals surface area contributed by atoms with Crippen molar-refractivity contribution in [2.75, 3.05) is 0 Å². The average molecular weight is 389 g/mol. The van der Waals surface area contributed by atoms with Crippen molar-refractivity contribution in [2.24, 2.45) is 40.4 Å². The number of fused-ring (bicyclic) bond motifs is 4. The van der Waals surface area contributed by atoms with Gasteiger partial charge in [-0.15, -0.1) is 0 Å². The Labute approximate surface area is 169 Å². The summed E-state index contributed by atoms with van der Waals surface area (Å²) in [5.74, 6) is 3.09. The second-order valence-corrected chi connectivity index (χ2v) is 11.3. The van der Waals surface area contributed by atoms with Crippen molar-refractivity contribution in [1.82, 2.24) is 0 Å². The van der Waals surface area contributed by atoms with Gasteiger partial charge >= 0.3 is 5.97 Å². The first-order valence-corrected chi connectivity index (χ1v) is 11.5. The Morgan fingerprint density at radius 2 is 1.82 bits per heavy atom. The van der Waals surface area contributed by atoms with E-state index in [9.17, 15) is 9.59 Å². The van der Waals surface area contributed by atoms with Crippen LogP contribution in [0.15, 0.2) is 0 Å². The van der Waals surface area contributed by atoms with Crippen LogP contribution in [0.25, 0.3) is 0 Å². The molecule has 28 heavy (non-hydrogen) atoms. The Hall–Kier alpha value is -0.900. The maximum atomic E-state index is 12.4. The third-order valence-electron chi connectivity index (χ3n) is 10.2. The van der Waals surface area contributed by atoms with Crippen LogP contribution in [0.5, 0.6) is 0 Å². The van der Waals surface area contributed by atoms with E-state index in [4.69, 9.17) is 9.47 Å². The van der Waals surface area contributed by atoms with E-state index >= 15 is 0 Å². The predicted octanol–water partition coefficient (Wildman–Crippen LogP) is 4.54. The van der Waals surface area contributed by atoms with E-state index in [1.54, 1.807) is 0 Å². The van der Waals surface area contributed by atoms with Crippen LogP contribution in [0.2, 0.25) is 0 Å². The molecular formula is C24H36O4. The van der Waals surface area contributed by atoms with Gasteiger partial charge in [0, 0.05) is 24.7 Å². The summed E-state index contributed by atoms with van der Waals surface area (Å²) in [6.07, 6.45) is 7.89. The van der Waals surface area contributed by atoms with Crippen LogP contribution in [-0.2, 0) is 19.1 Å². The molecule has 0 aromatic rings. The van der Waals surface area contributed by atoms with Gasteiger partial charge in [-0.3, -0.25) is 9.59 Å². The molecule has 5 aliphatic rings. The van der Waals surface area contributed by atoms with Crippen molar-refractivity contribution in [1.29, 1.82) is 0 Å². The van der Waals surface area contributed by atoms with Gasteiger partial charge in [-0.05, 0) is 74.5 Å². The molecule has 4 heteroatoms. The van der Waals surface area contributed by atoms with Gasteiger partial charge in [0.25, 0.3) is 0 Å². The minimum absolute atomic E-state index is 0.0217. The van der Waals surface area contributed by atoms with Gasteiger partial charge in [0.2, 0.25) is 0 Å². The fourth-order valence-corrected chi connectivity index (χ4v) is 9.15. The van der Waals surface area contributed by atoms with E-state index in [0.29, 0.717) is 35.6 Å². The molecule has 0 aromatic carbocycles. The van der Waals surface area contributed by atoms with Crippen LogP contribution < -0.4 is 0 Å². The highest BCUT2D eigenvalue weighted by molar-refractivity contribution is 5.79. The summed E-state index contributed by atoms with van der Waals surface area (Å²) < 4.78 is 12.1. The van der Waals surface area contributed by atoms with E-state index in [0.717, 1.165) is 32.1 Å². The molecule has 0 N–H and O–H groups in total. The molecule has 0 unspecified atom stereocenters. The first-order valence-electron chi connectivity index (χ1n) is 11.5. The SMILES string of the molecule is CC(=O)O[C@@H]1CC[C@]2(C)[C@@H]3CC[C@@]4(C)[C@H]([C@@H]3C[C@@H]3O[C@@]32C1)[C@@H](C)C[C@@H]4C(C)=O. The summed E-state index contributed by atoms with van der Waals surface area (Å²) in [6, 6.07) is 0. The Balaban J connectivity index is 1.45. The quantitative estimate of drug-likeness (QED) is 0.515. The van der Waals surface area contributed by atoms with Crippen molar-refractivity contribution >= 4 is 11.8 Å². The number of carbonyl (C=O) groups excluding carboxylic acids is 2. The lowest BCUT2D eigenvalue weighted by atomic mass is 9.44. The molecule has 1 saturated heterocycles. The minimum Gasteiger partial charge on any atom is -0.462 e. The second kappa shape index (κ2) is 5.83. The molecule has 5 fully saturated rings. The molecule has 1 aliphatic heterocycles. The van der Waals surface area contributed by atoms with Crippen molar-refractivity contribution in [3.05, 3.63) is 0 Å². The number of carbonyl (C=O) groups is 2. The van der Waals surface area contributed by atoms with Gasteiger partial charge in [0.1, 0.15) is 17.5 Å². The Morgan fingerprint density at radius 3 is 2.50 bits per heavy atom. The van der Waals surface area contributed by atoms with E-state index in [1.165, 1.54) is 19.8 Å². The fraction of sp³-hybridized carbons (Fsp3) is 0.917. The monoisotopic (exact) mass is 388 g/mol. The molecule has 4 nitrogen and oxygen atoms in total. The van der Waals surface area contributed by atoms with Crippen molar-refractivity contribution in [2.45, 2.75) is 97.4 Å². The molecule has 0 bridgehead atoms. The lowest BCUT2D eigenvalue weighted by Gasteiger charge is -2.59. The highest BCUT2D eigenvalue weighted by Gasteiger charge is 2.76. The summed E-state index contributed by atoms with van der Waals surface area (Å²) in [6.45, 7) is 10.6. The highest BCUT2D eigenvalue weighted by Crippen LogP contribution is 2.74. The minimum atomic E-state index is -0.167. The van der Waals surface area contributed by atoms with Crippen LogP contribution in [0.1, 0.15) is 79.6 Å². The zero-order valence-electron chi connectivity index (χ0n) is 18.1. The van der Waals surface area contributed by atoms with Crippen LogP contribution in [0.3, 0.4) is 0 Å². The number of rotatable bonds is 2. The zero-order chi connectivity index (χ0) is 20.1. The molecule has 4 saturated carbocycles. The molecule has 10 atom stereocenters. The van der Waals surface area contributed by atoms with Gasteiger partial charge in [-0.2, -0.15) is 0 Å². The highest BCUT2D eigenvalue weighted by atomic mass is 16.6. The average Bonchev–Trinajstić information content (AvgIpc) is 3.21. The number of ether oxygens (including phenoxy) is 2. The molecule has 1 heterocycles. The molecular weight excluding hydrogens is 352 g/mol. The van der Waals surface area contributed by atoms with Crippen LogP contribution in [0, 0.1) is 40.4 Å². The van der Waals surface area contributed by atoms with Gasteiger partial charge in [-0.25, -0.2) is 0 Å². The van der Waals surface area contributed by atoms with E-state index < -0.39 is 0 Å². The summed E-state index contributed by atoms with van der Waals surface area (Å²) in [5.41, 5.74) is 0.293. The Kier molecular flexibility index (Phi) is 3.98.